The molecule has 4 aromatic rings. The summed E-state index contributed by atoms with van der Waals surface area (Å²) in [5.74, 6) is -1.64. The van der Waals surface area contributed by atoms with Crippen LogP contribution >= 0.6 is 11.3 Å². The summed E-state index contributed by atoms with van der Waals surface area (Å²) in [7, 11) is 2.99. The second kappa shape index (κ2) is 9.90. The minimum absolute atomic E-state index is 0.00144. The molecule has 11 heteroatoms. The Balaban J connectivity index is 1.88. The fraction of sp³-hybridized carbons (Fsp3) is 0.393. The number of nitriles is 1. The molecule has 39 heavy (non-hydrogen) atoms. The van der Waals surface area contributed by atoms with Gasteiger partial charge in [-0.25, -0.2) is 8.78 Å². The number of benzene rings is 2. The molecule has 0 N–H and O–H groups in total. The van der Waals surface area contributed by atoms with E-state index in [-0.39, 0.29) is 49.9 Å². The number of fused-ring (bicyclic) bond motifs is 2. The fourth-order valence-electron chi connectivity index (χ4n) is 5.12. The van der Waals surface area contributed by atoms with Crippen LogP contribution in [0.2, 0.25) is 0 Å². The maximum atomic E-state index is 16.4. The zero-order chi connectivity index (χ0) is 28.2. The first-order valence-electron chi connectivity index (χ1n) is 12.5. The lowest BCUT2D eigenvalue weighted by Crippen LogP contribution is -2.30. The van der Waals surface area contributed by atoms with Gasteiger partial charge in [-0.1, -0.05) is 26.3 Å². The van der Waals surface area contributed by atoms with Crippen LogP contribution in [0.25, 0.3) is 32.1 Å². The zero-order valence-corrected chi connectivity index (χ0v) is 22.5. The van der Waals surface area contributed by atoms with Crippen molar-refractivity contribution >= 4 is 38.1 Å². The summed E-state index contributed by atoms with van der Waals surface area (Å²) in [5, 5.41) is 9.77. The summed E-state index contributed by atoms with van der Waals surface area (Å²) in [5.41, 5.74) is -2.59. The summed E-state index contributed by atoms with van der Waals surface area (Å²) < 4.78 is 80.3. The predicted octanol–water partition coefficient (Wildman–Crippen LogP) is 8.05. The molecule has 1 aliphatic carbocycles. The number of alkyl halides is 3. The monoisotopic (exact) mass is 560 g/mol. The van der Waals surface area contributed by atoms with Crippen LogP contribution in [0.15, 0.2) is 18.2 Å². The molecular weight excluding hydrogens is 535 g/mol. The molecule has 5 nitrogen and oxygen atoms in total. The van der Waals surface area contributed by atoms with Gasteiger partial charge in [-0.15, -0.1) is 11.3 Å². The number of hydrogen-bond acceptors (Lipinski definition) is 6. The molecule has 0 bridgehead atoms. The van der Waals surface area contributed by atoms with Gasteiger partial charge in [0, 0.05) is 34.8 Å². The van der Waals surface area contributed by atoms with Gasteiger partial charge in [0.05, 0.1) is 22.9 Å². The normalized spacial score (nSPS) is 14.2. The fourth-order valence-corrected chi connectivity index (χ4v) is 6.31. The lowest BCUT2D eigenvalue weighted by Gasteiger charge is -2.31. The van der Waals surface area contributed by atoms with Crippen LogP contribution in [0.4, 0.5) is 27.8 Å². The van der Waals surface area contributed by atoms with E-state index >= 15 is 4.39 Å². The van der Waals surface area contributed by atoms with E-state index in [4.69, 9.17) is 4.74 Å². The van der Waals surface area contributed by atoms with E-state index in [0.717, 1.165) is 48.8 Å². The van der Waals surface area contributed by atoms with Crippen molar-refractivity contribution in [1.82, 2.24) is 9.97 Å². The van der Waals surface area contributed by atoms with Crippen molar-refractivity contribution < 1.29 is 26.7 Å². The molecule has 0 atom stereocenters. The third kappa shape index (κ3) is 4.54. The maximum absolute atomic E-state index is 16.4. The summed E-state index contributed by atoms with van der Waals surface area (Å²) in [6.45, 7) is 4.13. The van der Waals surface area contributed by atoms with Gasteiger partial charge in [0.25, 0.3) is 0 Å². The van der Waals surface area contributed by atoms with Crippen LogP contribution in [0.1, 0.15) is 55.0 Å². The quantitative estimate of drug-likeness (QED) is 0.223. The molecule has 0 amide bonds. The van der Waals surface area contributed by atoms with E-state index in [1.54, 1.807) is 25.8 Å². The number of rotatable bonds is 6. The van der Waals surface area contributed by atoms with Gasteiger partial charge >= 0.3 is 12.2 Å². The molecular formula is C28H25F5N4OS. The number of anilines is 1. The van der Waals surface area contributed by atoms with Crippen molar-refractivity contribution in [2.24, 2.45) is 5.92 Å². The molecule has 204 valence electrons. The average molecular weight is 561 g/mol. The number of aromatic nitrogens is 2. The Morgan fingerprint density at radius 2 is 1.92 bits per heavy atom. The molecule has 1 fully saturated rings. The third-order valence-electron chi connectivity index (χ3n) is 7.22. The highest BCUT2D eigenvalue weighted by Crippen LogP contribution is 2.48. The number of methoxy groups -OCH3 is 1. The Morgan fingerprint density at radius 3 is 2.49 bits per heavy atom. The van der Waals surface area contributed by atoms with Crippen LogP contribution in [0.5, 0.6) is 6.01 Å². The van der Waals surface area contributed by atoms with E-state index < -0.39 is 28.9 Å². The van der Waals surface area contributed by atoms with Gasteiger partial charge in [0.2, 0.25) is 0 Å². The highest BCUT2D eigenvalue weighted by atomic mass is 32.1. The highest BCUT2D eigenvalue weighted by molar-refractivity contribution is 7.19. The first-order chi connectivity index (χ1) is 18.5. The Kier molecular flexibility index (Phi) is 6.87. The van der Waals surface area contributed by atoms with Crippen LogP contribution < -0.4 is 9.64 Å². The smallest absolute Gasteiger partial charge is 0.417 e. The zero-order valence-electron chi connectivity index (χ0n) is 21.7. The van der Waals surface area contributed by atoms with Crippen LogP contribution in [0.3, 0.4) is 0 Å². The number of thiophene rings is 1. The molecule has 0 saturated heterocycles. The van der Waals surface area contributed by atoms with Crippen LogP contribution in [-0.4, -0.2) is 30.7 Å². The Hall–Kier alpha value is -3.52. The lowest BCUT2D eigenvalue weighted by atomic mass is 9.85. The van der Waals surface area contributed by atoms with Crippen LogP contribution in [0, 0.1) is 28.9 Å². The summed E-state index contributed by atoms with van der Waals surface area (Å²) in [6, 6.07) is 4.76. The minimum Gasteiger partial charge on any atom is -0.467 e. The number of halogens is 5. The van der Waals surface area contributed by atoms with E-state index in [9.17, 15) is 22.8 Å². The van der Waals surface area contributed by atoms with Gasteiger partial charge in [0.15, 0.2) is 5.82 Å². The second-order valence-electron chi connectivity index (χ2n) is 10.1. The number of nitrogens with zero attached hydrogens (tertiary/aromatic N) is 4. The summed E-state index contributed by atoms with van der Waals surface area (Å²) in [6.07, 6.45) is -1.89. The Bertz CT molecular complexity index is 1640. The number of hydrogen-bond donors (Lipinski definition) is 0. The van der Waals surface area contributed by atoms with E-state index in [1.165, 1.54) is 7.11 Å². The Labute approximate surface area is 225 Å². The van der Waals surface area contributed by atoms with Crippen molar-refractivity contribution in [3.8, 4) is 23.2 Å². The molecule has 1 aliphatic rings. The molecule has 0 spiro atoms. The van der Waals surface area contributed by atoms with Crippen molar-refractivity contribution in [2.45, 2.75) is 45.2 Å². The largest absolute Gasteiger partial charge is 0.467 e. The number of ether oxygens (including phenoxy) is 1. The summed E-state index contributed by atoms with van der Waals surface area (Å²) >= 11 is 0.987. The van der Waals surface area contributed by atoms with E-state index in [1.807, 2.05) is 6.07 Å². The topological polar surface area (TPSA) is 62.0 Å². The van der Waals surface area contributed by atoms with Gasteiger partial charge in [0.1, 0.15) is 23.2 Å². The first-order valence-corrected chi connectivity index (χ1v) is 13.3. The molecule has 0 aliphatic heterocycles. The standard InChI is InChI=1S/C28H25F5N4OS/c1-13(2)24-17(11-34)20-15(8-9-19(29)25(20)39-24)21-18(28(31,32)33)10-16-23(22(21)30)35-27(38-4)36-26(16)37(3)12-14-6-5-7-14/h8-10,13-14H,5-7,12H2,1-4H3. The lowest BCUT2D eigenvalue weighted by molar-refractivity contribution is -0.137. The van der Waals surface area contributed by atoms with Gasteiger partial charge < -0.3 is 9.64 Å². The molecule has 1 saturated carbocycles. The highest BCUT2D eigenvalue weighted by Gasteiger charge is 2.38. The van der Waals surface area contributed by atoms with Gasteiger partial charge in [-0.05, 0) is 42.4 Å². The average Bonchev–Trinajstić information content (AvgIpc) is 3.26. The van der Waals surface area contributed by atoms with Crippen molar-refractivity contribution in [2.75, 3.05) is 25.6 Å². The molecule has 2 aromatic heterocycles. The Morgan fingerprint density at radius 1 is 1.21 bits per heavy atom. The van der Waals surface area contributed by atoms with Crippen LogP contribution in [-0.2, 0) is 6.18 Å². The van der Waals surface area contributed by atoms with E-state index in [0.29, 0.717) is 17.3 Å². The van der Waals surface area contributed by atoms with Crippen molar-refractivity contribution in [3.63, 3.8) is 0 Å². The first kappa shape index (κ1) is 27.1. The van der Waals surface area contributed by atoms with Gasteiger partial charge in [-0.3, -0.25) is 0 Å². The molecule has 2 heterocycles. The molecule has 0 radical (unpaired) electrons. The predicted molar refractivity (Wildman–Crippen MR) is 141 cm³/mol. The van der Waals surface area contributed by atoms with E-state index in [2.05, 4.69) is 9.97 Å². The summed E-state index contributed by atoms with van der Waals surface area (Å²) in [4.78, 5) is 10.6. The third-order valence-corrected chi connectivity index (χ3v) is 8.72. The minimum atomic E-state index is -4.97. The van der Waals surface area contributed by atoms with Crippen molar-refractivity contribution in [3.05, 3.63) is 45.8 Å². The SMILES string of the molecule is COc1nc(N(C)CC2CCC2)c2cc(C(F)(F)F)c(-c3ccc(F)c4sc(C(C)C)c(C#N)c34)c(F)c2n1. The molecule has 0 unspecified atom stereocenters. The maximum Gasteiger partial charge on any atom is 0.417 e. The molecule has 2 aromatic carbocycles. The second-order valence-corrected chi connectivity index (χ2v) is 11.2. The van der Waals surface area contributed by atoms with Gasteiger partial charge in [-0.2, -0.15) is 28.4 Å². The van der Waals surface area contributed by atoms with Crippen molar-refractivity contribution in [1.29, 1.82) is 5.26 Å². The molecule has 5 rings (SSSR count).